The van der Waals surface area contributed by atoms with Crippen LogP contribution < -0.4 is 9.46 Å². The Morgan fingerprint density at radius 3 is 2.52 bits per heavy atom. The molecule has 0 radical (unpaired) electrons. The lowest BCUT2D eigenvalue weighted by Crippen LogP contribution is -2.29. The Bertz CT molecular complexity index is 795. The zero-order valence-electron chi connectivity index (χ0n) is 10.5. The standard InChI is InChI=1S/C11H9F3N2O4S/c1-21(18,19)16-10(17)9-4-6-2-3-7(5-8(6)15-9)20-11(12,13)14/h2-5,15H,1H3,(H,16,17). The first-order valence-electron chi connectivity index (χ1n) is 5.44. The summed E-state index contributed by atoms with van der Waals surface area (Å²) in [6.45, 7) is 0. The lowest BCUT2D eigenvalue weighted by atomic mass is 10.2. The molecule has 0 bridgehead atoms. The van der Waals surface area contributed by atoms with Gasteiger partial charge in [-0.2, -0.15) is 0 Å². The molecule has 21 heavy (non-hydrogen) atoms. The first-order valence-corrected chi connectivity index (χ1v) is 7.33. The first kappa shape index (κ1) is 15.2. The molecule has 0 atom stereocenters. The highest BCUT2D eigenvalue weighted by atomic mass is 32.2. The van der Waals surface area contributed by atoms with E-state index in [1.165, 1.54) is 12.1 Å². The van der Waals surface area contributed by atoms with E-state index in [0.29, 0.717) is 5.39 Å². The summed E-state index contributed by atoms with van der Waals surface area (Å²) in [5.74, 6) is -1.36. The molecule has 0 saturated carbocycles. The van der Waals surface area contributed by atoms with Crippen LogP contribution in [0.25, 0.3) is 10.9 Å². The van der Waals surface area contributed by atoms with Gasteiger partial charge in [-0.25, -0.2) is 13.1 Å². The fraction of sp³-hybridized carbons (Fsp3) is 0.182. The number of carbonyl (C=O) groups is 1. The van der Waals surface area contributed by atoms with Crippen LogP contribution in [0.3, 0.4) is 0 Å². The quantitative estimate of drug-likeness (QED) is 0.901. The van der Waals surface area contributed by atoms with Crippen LogP contribution in [0.1, 0.15) is 10.5 Å². The highest BCUT2D eigenvalue weighted by Gasteiger charge is 2.31. The minimum Gasteiger partial charge on any atom is -0.406 e. The van der Waals surface area contributed by atoms with Gasteiger partial charge in [0.2, 0.25) is 10.0 Å². The van der Waals surface area contributed by atoms with Crippen molar-refractivity contribution in [3.63, 3.8) is 0 Å². The van der Waals surface area contributed by atoms with Gasteiger partial charge in [0.1, 0.15) is 11.4 Å². The third-order valence-electron chi connectivity index (χ3n) is 2.35. The molecule has 2 rings (SSSR count). The van der Waals surface area contributed by atoms with E-state index < -0.39 is 28.0 Å². The number of aromatic amines is 1. The number of hydrogen-bond donors (Lipinski definition) is 2. The molecule has 114 valence electrons. The molecule has 0 unspecified atom stereocenters. The van der Waals surface area contributed by atoms with E-state index in [4.69, 9.17) is 0 Å². The van der Waals surface area contributed by atoms with Crippen LogP contribution >= 0.6 is 0 Å². The summed E-state index contributed by atoms with van der Waals surface area (Å²) in [7, 11) is -3.73. The summed E-state index contributed by atoms with van der Waals surface area (Å²) in [6, 6.07) is 4.76. The van der Waals surface area contributed by atoms with E-state index in [9.17, 15) is 26.4 Å². The van der Waals surface area contributed by atoms with Crippen LogP contribution in [0.5, 0.6) is 5.75 Å². The molecule has 2 aromatic rings. The Hall–Kier alpha value is -2.23. The third-order valence-corrected chi connectivity index (χ3v) is 2.91. The van der Waals surface area contributed by atoms with Crippen molar-refractivity contribution in [1.82, 2.24) is 9.71 Å². The summed E-state index contributed by atoms with van der Waals surface area (Å²) in [4.78, 5) is 14.1. The van der Waals surface area contributed by atoms with E-state index in [2.05, 4.69) is 9.72 Å². The smallest absolute Gasteiger partial charge is 0.406 e. The van der Waals surface area contributed by atoms with Gasteiger partial charge in [0, 0.05) is 17.0 Å². The molecule has 0 fully saturated rings. The normalized spacial score (nSPS) is 12.4. The molecular formula is C11H9F3N2O4S. The maximum absolute atomic E-state index is 12.1. The zero-order chi connectivity index (χ0) is 15.8. The second kappa shape index (κ2) is 4.95. The monoisotopic (exact) mass is 322 g/mol. The average Bonchev–Trinajstić information content (AvgIpc) is 2.67. The lowest BCUT2D eigenvalue weighted by molar-refractivity contribution is -0.274. The average molecular weight is 322 g/mol. The zero-order valence-corrected chi connectivity index (χ0v) is 11.3. The van der Waals surface area contributed by atoms with E-state index in [-0.39, 0.29) is 11.2 Å². The van der Waals surface area contributed by atoms with Gasteiger partial charge in [-0.1, -0.05) is 0 Å². The molecule has 0 aliphatic rings. The Kier molecular flexibility index (Phi) is 3.58. The Balaban J connectivity index is 2.32. The fourth-order valence-electron chi connectivity index (χ4n) is 1.65. The highest BCUT2D eigenvalue weighted by molar-refractivity contribution is 7.89. The van der Waals surface area contributed by atoms with Gasteiger partial charge in [-0.15, -0.1) is 13.2 Å². The van der Waals surface area contributed by atoms with Crippen molar-refractivity contribution in [2.45, 2.75) is 6.36 Å². The maximum atomic E-state index is 12.1. The molecule has 2 N–H and O–H groups in total. The minimum atomic E-state index is -4.82. The number of rotatable bonds is 3. The predicted octanol–water partition coefficient (Wildman–Crippen LogP) is 1.76. The molecule has 6 nitrogen and oxygen atoms in total. The maximum Gasteiger partial charge on any atom is 0.573 e. The van der Waals surface area contributed by atoms with Crippen LogP contribution in [0, 0.1) is 0 Å². The topological polar surface area (TPSA) is 88.3 Å². The van der Waals surface area contributed by atoms with Gasteiger partial charge in [0.15, 0.2) is 0 Å². The molecule has 0 aliphatic heterocycles. The van der Waals surface area contributed by atoms with Crippen LogP contribution in [-0.4, -0.2) is 31.9 Å². The molecule has 1 amide bonds. The van der Waals surface area contributed by atoms with E-state index in [0.717, 1.165) is 18.4 Å². The number of alkyl halides is 3. The summed E-state index contributed by atoms with van der Waals surface area (Å²) >= 11 is 0. The second-order valence-electron chi connectivity index (χ2n) is 4.18. The largest absolute Gasteiger partial charge is 0.573 e. The van der Waals surface area contributed by atoms with Crippen molar-refractivity contribution in [2.75, 3.05) is 6.26 Å². The molecule has 0 saturated heterocycles. The van der Waals surface area contributed by atoms with Gasteiger partial charge < -0.3 is 9.72 Å². The molecule has 10 heteroatoms. The number of amides is 1. The van der Waals surface area contributed by atoms with Crippen molar-refractivity contribution >= 4 is 26.8 Å². The van der Waals surface area contributed by atoms with Crippen molar-refractivity contribution in [2.24, 2.45) is 0 Å². The summed E-state index contributed by atoms with van der Waals surface area (Å²) in [5, 5.41) is 0.433. The van der Waals surface area contributed by atoms with Crippen LogP contribution in [-0.2, 0) is 10.0 Å². The third kappa shape index (κ3) is 4.12. The van der Waals surface area contributed by atoms with Crippen molar-refractivity contribution < 1.29 is 31.1 Å². The number of sulfonamides is 1. The number of carbonyl (C=O) groups excluding carboxylic acids is 1. The van der Waals surface area contributed by atoms with Crippen molar-refractivity contribution in [3.05, 3.63) is 30.0 Å². The van der Waals surface area contributed by atoms with Crippen LogP contribution in [0.15, 0.2) is 24.3 Å². The molecule has 1 heterocycles. The number of fused-ring (bicyclic) bond motifs is 1. The SMILES string of the molecule is CS(=O)(=O)NC(=O)c1cc2ccc(OC(F)(F)F)cc2[nH]1. The van der Waals surface area contributed by atoms with Gasteiger partial charge in [0.25, 0.3) is 5.91 Å². The second-order valence-corrected chi connectivity index (χ2v) is 5.93. The molecule has 0 spiro atoms. The van der Waals surface area contributed by atoms with E-state index >= 15 is 0 Å². The number of hydrogen-bond acceptors (Lipinski definition) is 4. The van der Waals surface area contributed by atoms with Gasteiger partial charge in [-0.05, 0) is 18.2 Å². The summed E-state index contributed by atoms with van der Waals surface area (Å²) in [5.41, 5.74) is 0.106. The molecule has 0 aliphatic carbocycles. The van der Waals surface area contributed by atoms with Crippen molar-refractivity contribution in [1.29, 1.82) is 0 Å². The molecular weight excluding hydrogens is 313 g/mol. The Morgan fingerprint density at radius 1 is 1.29 bits per heavy atom. The number of ether oxygens (including phenoxy) is 1. The summed E-state index contributed by atoms with van der Waals surface area (Å²) < 4.78 is 63.7. The number of halogens is 3. The number of benzene rings is 1. The van der Waals surface area contributed by atoms with Crippen LogP contribution in [0.4, 0.5) is 13.2 Å². The van der Waals surface area contributed by atoms with Gasteiger partial charge >= 0.3 is 6.36 Å². The van der Waals surface area contributed by atoms with Gasteiger partial charge in [-0.3, -0.25) is 4.79 Å². The Morgan fingerprint density at radius 2 is 1.95 bits per heavy atom. The number of aromatic nitrogens is 1. The molecule has 1 aromatic carbocycles. The highest BCUT2D eigenvalue weighted by Crippen LogP contribution is 2.26. The van der Waals surface area contributed by atoms with E-state index in [1.807, 2.05) is 0 Å². The molecule has 1 aromatic heterocycles. The first-order chi connectivity index (χ1) is 9.53. The number of nitrogens with one attached hydrogen (secondary N) is 2. The van der Waals surface area contributed by atoms with E-state index in [1.54, 1.807) is 4.72 Å². The summed E-state index contributed by atoms with van der Waals surface area (Å²) in [6.07, 6.45) is -4.01. The number of H-pyrrole nitrogens is 1. The van der Waals surface area contributed by atoms with Crippen molar-refractivity contribution in [3.8, 4) is 5.75 Å². The Labute approximate surface area is 116 Å². The van der Waals surface area contributed by atoms with Gasteiger partial charge in [0.05, 0.1) is 6.26 Å². The lowest BCUT2D eigenvalue weighted by Gasteiger charge is -2.08. The fourth-order valence-corrected chi connectivity index (χ4v) is 2.10. The predicted molar refractivity (Wildman–Crippen MR) is 67.3 cm³/mol. The minimum absolute atomic E-state index is 0.0976. The van der Waals surface area contributed by atoms with Crippen LogP contribution in [0.2, 0.25) is 0 Å².